The average Bonchev–Trinajstić information content (AvgIpc) is 2.91. The van der Waals surface area contributed by atoms with Gasteiger partial charge in [0, 0.05) is 25.0 Å². The first-order valence-electron chi connectivity index (χ1n) is 8.88. The summed E-state index contributed by atoms with van der Waals surface area (Å²) in [4.78, 5) is 12.4. The maximum atomic E-state index is 12.4. The van der Waals surface area contributed by atoms with Crippen molar-refractivity contribution in [1.29, 1.82) is 5.26 Å². The summed E-state index contributed by atoms with van der Waals surface area (Å²) >= 11 is 0. The lowest BCUT2D eigenvalue weighted by molar-refractivity contribution is -0.139. The number of nitriles is 1. The van der Waals surface area contributed by atoms with Crippen LogP contribution in [0.25, 0.3) is 6.08 Å². The Morgan fingerprint density at radius 1 is 1.22 bits per heavy atom. The molecule has 2 rings (SSSR count). The van der Waals surface area contributed by atoms with Gasteiger partial charge in [-0.15, -0.1) is 0 Å². The molecular weight excluding hydrogens is 340 g/mol. The van der Waals surface area contributed by atoms with Crippen LogP contribution < -0.4 is 0 Å². The minimum Gasteiger partial charge on any atom is -0.457 e. The van der Waals surface area contributed by atoms with Gasteiger partial charge in [-0.3, -0.25) is 0 Å². The highest BCUT2D eigenvalue weighted by Crippen LogP contribution is 2.19. The van der Waals surface area contributed by atoms with Crippen molar-refractivity contribution in [3.63, 3.8) is 0 Å². The van der Waals surface area contributed by atoms with Crippen molar-refractivity contribution in [2.45, 2.75) is 40.8 Å². The first-order chi connectivity index (χ1) is 12.9. The van der Waals surface area contributed by atoms with Crippen LogP contribution in [-0.2, 0) is 27.4 Å². The molecule has 0 amide bonds. The fraction of sp³-hybridized carbons (Fsp3) is 0.364. The van der Waals surface area contributed by atoms with Gasteiger partial charge in [0.1, 0.15) is 18.2 Å². The lowest BCUT2D eigenvalue weighted by Crippen LogP contribution is -2.08. The Balaban J connectivity index is 2.17. The maximum absolute atomic E-state index is 12.4. The third-order valence-electron chi connectivity index (χ3n) is 4.64. The van der Waals surface area contributed by atoms with Crippen molar-refractivity contribution in [3.8, 4) is 6.07 Å². The molecule has 0 atom stereocenters. The standard InChI is InChI=1S/C22H26N2O3/c1-15-6-7-16(2)21(10-15)14-27-22(25)20(13-23)12-19-11-17(3)24(18(19)4)8-9-26-5/h6-7,10-12H,8-9,14H2,1-5H3/b20-12+. The molecule has 0 aliphatic heterocycles. The van der Waals surface area contributed by atoms with Crippen LogP contribution in [0.15, 0.2) is 29.8 Å². The molecule has 27 heavy (non-hydrogen) atoms. The van der Waals surface area contributed by atoms with E-state index in [1.165, 1.54) is 0 Å². The molecule has 0 aliphatic carbocycles. The van der Waals surface area contributed by atoms with Crippen LogP contribution in [0.4, 0.5) is 0 Å². The lowest BCUT2D eigenvalue weighted by Gasteiger charge is -2.09. The lowest BCUT2D eigenvalue weighted by atomic mass is 10.1. The molecule has 0 bridgehead atoms. The van der Waals surface area contributed by atoms with Crippen LogP contribution in [0.5, 0.6) is 0 Å². The second kappa shape index (κ2) is 9.20. The van der Waals surface area contributed by atoms with Gasteiger partial charge in [0.2, 0.25) is 0 Å². The van der Waals surface area contributed by atoms with Gasteiger partial charge in [0.25, 0.3) is 0 Å². The summed E-state index contributed by atoms with van der Waals surface area (Å²) in [7, 11) is 1.66. The summed E-state index contributed by atoms with van der Waals surface area (Å²) in [6, 6.07) is 9.92. The number of benzene rings is 1. The second-order valence-corrected chi connectivity index (χ2v) is 6.65. The van der Waals surface area contributed by atoms with Crippen molar-refractivity contribution >= 4 is 12.0 Å². The number of rotatable bonds is 7. The van der Waals surface area contributed by atoms with Crippen LogP contribution in [0.1, 0.15) is 33.6 Å². The highest BCUT2D eigenvalue weighted by atomic mass is 16.5. The fourth-order valence-corrected chi connectivity index (χ4v) is 2.97. The molecule has 1 aromatic heterocycles. The number of carbonyl (C=O) groups excluding carboxylic acids is 1. The minimum absolute atomic E-state index is 0.00713. The largest absolute Gasteiger partial charge is 0.457 e. The predicted octanol–water partition coefficient (Wildman–Crippen LogP) is 4.02. The van der Waals surface area contributed by atoms with Crippen LogP contribution in [0.3, 0.4) is 0 Å². The molecule has 0 radical (unpaired) electrons. The van der Waals surface area contributed by atoms with Crippen molar-refractivity contribution in [2.24, 2.45) is 0 Å². The second-order valence-electron chi connectivity index (χ2n) is 6.65. The molecule has 5 nitrogen and oxygen atoms in total. The number of ether oxygens (including phenoxy) is 2. The first kappa shape index (κ1) is 20.5. The summed E-state index contributed by atoms with van der Waals surface area (Å²) in [5.74, 6) is -0.611. The van der Waals surface area contributed by atoms with E-state index in [0.29, 0.717) is 6.61 Å². The van der Waals surface area contributed by atoms with E-state index >= 15 is 0 Å². The van der Waals surface area contributed by atoms with Crippen molar-refractivity contribution < 1.29 is 14.3 Å². The Morgan fingerprint density at radius 2 is 1.96 bits per heavy atom. The van der Waals surface area contributed by atoms with E-state index < -0.39 is 5.97 Å². The first-order valence-corrected chi connectivity index (χ1v) is 8.88. The number of esters is 1. The molecule has 0 spiro atoms. The molecule has 0 aliphatic rings. The van der Waals surface area contributed by atoms with Crippen LogP contribution >= 0.6 is 0 Å². The van der Waals surface area contributed by atoms with Crippen LogP contribution in [0.2, 0.25) is 0 Å². The third-order valence-corrected chi connectivity index (χ3v) is 4.64. The smallest absolute Gasteiger partial charge is 0.349 e. The van der Waals surface area contributed by atoms with Gasteiger partial charge in [-0.2, -0.15) is 5.26 Å². The zero-order chi connectivity index (χ0) is 20.0. The van der Waals surface area contributed by atoms with E-state index in [2.05, 4.69) is 4.57 Å². The van der Waals surface area contributed by atoms with Gasteiger partial charge in [-0.05, 0) is 56.5 Å². The van der Waals surface area contributed by atoms with E-state index in [1.807, 2.05) is 58.0 Å². The van der Waals surface area contributed by atoms with Gasteiger partial charge < -0.3 is 14.0 Å². The number of aromatic nitrogens is 1. The van der Waals surface area contributed by atoms with Gasteiger partial charge >= 0.3 is 5.97 Å². The van der Waals surface area contributed by atoms with Gasteiger partial charge in [-0.1, -0.05) is 23.8 Å². The Hall–Kier alpha value is -2.84. The highest BCUT2D eigenvalue weighted by Gasteiger charge is 2.14. The zero-order valence-electron chi connectivity index (χ0n) is 16.6. The van der Waals surface area contributed by atoms with E-state index in [-0.39, 0.29) is 12.2 Å². The summed E-state index contributed by atoms with van der Waals surface area (Å²) in [6.45, 7) is 9.39. The highest BCUT2D eigenvalue weighted by molar-refractivity contribution is 5.98. The number of hydrogen-bond acceptors (Lipinski definition) is 4. The van der Waals surface area contributed by atoms with E-state index in [9.17, 15) is 10.1 Å². The Kier molecular flexibility index (Phi) is 6.98. The monoisotopic (exact) mass is 366 g/mol. The normalized spacial score (nSPS) is 11.3. The zero-order valence-corrected chi connectivity index (χ0v) is 16.6. The van der Waals surface area contributed by atoms with Gasteiger partial charge in [-0.25, -0.2) is 4.79 Å². The molecule has 142 valence electrons. The van der Waals surface area contributed by atoms with Crippen molar-refractivity contribution in [3.05, 3.63) is 63.5 Å². The topological polar surface area (TPSA) is 64.2 Å². The third kappa shape index (κ3) is 5.08. The average molecular weight is 366 g/mol. The minimum atomic E-state index is -0.611. The molecule has 0 fully saturated rings. The molecule has 5 heteroatoms. The van der Waals surface area contributed by atoms with E-state index in [1.54, 1.807) is 13.2 Å². The Bertz CT molecular complexity index is 901. The molecule has 1 heterocycles. The summed E-state index contributed by atoms with van der Waals surface area (Å²) < 4.78 is 12.6. The Morgan fingerprint density at radius 3 is 2.63 bits per heavy atom. The molecule has 0 unspecified atom stereocenters. The summed E-state index contributed by atoms with van der Waals surface area (Å²) in [5.41, 5.74) is 5.97. The van der Waals surface area contributed by atoms with Crippen LogP contribution in [0, 0.1) is 39.0 Å². The van der Waals surface area contributed by atoms with Gasteiger partial charge in [0.05, 0.1) is 6.61 Å². The van der Waals surface area contributed by atoms with Crippen LogP contribution in [-0.4, -0.2) is 24.3 Å². The molecule has 2 aromatic rings. The number of aryl methyl sites for hydroxylation is 3. The number of carbonyl (C=O) groups is 1. The number of methoxy groups -OCH3 is 1. The number of nitrogens with zero attached hydrogens (tertiary/aromatic N) is 2. The fourth-order valence-electron chi connectivity index (χ4n) is 2.97. The Labute approximate surface area is 160 Å². The SMILES string of the molecule is COCCn1c(C)cc(/C=C(\C#N)C(=O)OCc2cc(C)ccc2C)c1C. The van der Waals surface area contributed by atoms with Crippen molar-refractivity contribution in [2.75, 3.05) is 13.7 Å². The predicted molar refractivity (Wildman–Crippen MR) is 105 cm³/mol. The molecule has 0 saturated heterocycles. The van der Waals surface area contributed by atoms with Crippen molar-refractivity contribution in [1.82, 2.24) is 4.57 Å². The molecular formula is C22H26N2O3. The summed E-state index contributed by atoms with van der Waals surface area (Å²) in [5, 5.41) is 9.42. The van der Waals surface area contributed by atoms with E-state index in [0.717, 1.165) is 40.2 Å². The summed E-state index contributed by atoms with van der Waals surface area (Å²) in [6.07, 6.45) is 1.59. The number of hydrogen-bond donors (Lipinski definition) is 0. The quantitative estimate of drug-likeness (QED) is 0.422. The molecule has 0 saturated carbocycles. The molecule has 0 N–H and O–H groups in total. The maximum Gasteiger partial charge on any atom is 0.349 e. The van der Waals surface area contributed by atoms with E-state index in [4.69, 9.17) is 9.47 Å². The van der Waals surface area contributed by atoms with Gasteiger partial charge in [0.15, 0.2) is 0 Å². The molecule has 1 aromatic carbocycles.